The van der Waals surface area contributed by atoms with Gasteiger partial charge in [0.15, 0.2) is 0 Å². The Labute approximate surface area is 185 Å². The number of aryl methyl sites for hydroxylation is 1. The second-order valence-corrected chi connectivity index (χ2v) is 8.14. The molecule has 3 amide bonds. The maximum atomic E-state index is 13.2. The van der Waals surface area contributed by atoms with Crippen LogP contribution < -0.4 is 10.1 Å². The molecule has 1 N–H and O–H groups in total. The molecule has 7 heteroatoms. The second-order valence-electron chi connectivity index (χ2n) is 8.14. The number of rotatable bonds is 10. The molecule has 0 bridgehead atoms. The van der Waals surface area contributed by atoms with E-state index in [-0.39, 0.29) is 30.6 Å². The molecule has 1 aliphatic carbocycles. The van der Waals surface area contributed by atoms with Gasteiger partial charge in [-0.3, -0.25) is 4.79 Å². The predicted octanol–water partition coefficient (Wildman–Crippen LogP) is 4.25. The van der Waals surface area contributed by atoms with Gasteiger partial charge in [0, 0.05) is 36.7 Å². The van der Waals surface area contributed by atoms with E-state index in [1.165, 1.54) is 0 Å². The van der Waals surface area contributed by atoms with Crippen LogP contribution >= 0.6 is 0 Å². The van der Waals surface area contributed by atoms with E-state index in [0.29, 0.717) is 18.8 Å². The molecule has 0 aliphatic heterocycles. The summed E-state index contributed by atoms with van der Waals surface area (Å²) in [5, 5.41) is 2.93. The van der Waals surface area contributed by atoms with E-state index in [9.17, 15) is 9.59 Å². The number of carbonyl (C=O) groups excluding carboxylic acids is 2. The number of carbonyl (C=O) groups is 2. The van der Waals surface area contributed by atoms with Gasteiger partial charge < -0.3 is 24.4 Å². The molecular weight excluding hydrogens is 392 g/mol. The molecule has 0 spiro atoms. The Bertz CT molecular complexity index is 873. The molecule has 1 atom stereocenters. The molecule has 168 valence electrons. The fourth-order valence-corrected chi connectivity index (χ4v) is 3.52. The summed E-state index contributed by atoms with van der Waals surface area (Å²) in [6, 6.07) is 11.3. The predicted molar refractivity (Wildman–Crippen MR) is 122 cm³/mol. The summed E-state index contributed by atoms with van der Waals surface area (Å²) in [4.78, 5) is 29.9. The molecule has 1 aliphatic rings. The zero-order valence-corrected chi connectivity index (χ0v) is 19.0. The average molecular weight is 427 g/mol. The molecule has 0 unspecified atom stereocenters. The third kappa shape index (κ3) is 6.03. The largest absolute Gasteiger partial charge is 0.494 e. The Morgan fingerprint density at radius 1 is 1.19 bits per heavy atom. The van der Waals surface area contributed by atoms with E-state index < -0.39 is 0 Å². The molecule has 1 aromatic carbocycles. The number of hydrogen-bond donors (Lipinski definition) is 1. The number of amides is 3. The van der Waals surface area contributed by atoms with Gasteiger partial charge in [-0.1, -0.05) is 6.92 Å². The third-order valence-corrected chi connectivity index (χ3v) is 5.80. The first-order valence-corrected chi connectivity index (χ1v) is 11.1. The van der Waals surface area contributed by atoms with E-state index >= 15 is 0 Å². The zero-order chi connectivity index (χ0) is 22.4. The minimum absolute atomic E-state index is 0.00848. The van der Waals surface area contributed by atoms with Crippen molar-refractivity contribution in [1.29, 1.82) is 0 Å². The van der Waals surface area contributed by atoms with Crippen LogP contribution in [0.3, 0.4) is 0 Å². The van der Waals surface area contributed by atoms with Gasteiger partial charge in [0.2, 0.25) is 5.91 Å². The summed E-state index contributed by atoms with van der Waals surface area (Å²) in [5.41, 5.74) is 1.77. The van der Waals surface area contributed by atoms with Gasteiger partial charge in [0.25, 0.3) is 0 Å². The monoisotopic (exact) mass is 426 g/mol. The summed E-state index contributed by atoms with van der Waals surface area (Å²) in [6.45, 7) is 7.16. The Hall–Kier alpha value is -2.96. The van der Waals surface area contributed by atoms with Crippen molar-refractivity contribution >= 4 is 17.6 Å². The van der Waals surface area contributed by atoms with E-state index in [4.69, 9.17) is 4.74 Å². The number of ether oxygens (including phenoxy) is 1. The molecule has 3 rings (SSSR count). The molecule has 1 heterocycles. The van der Waals surface area contributed by atoms with Crippen molar-refractivity contribution in [3.05, 3.63) is 48.3 Å². The van der Waals surface area contributed by atoms with Crippen molar-refractivity contribution in [2.45, 2.75) is 58.7 Å². The van der Waals surface area contributed by atoms with Crippen LogP contribution in [0.2, 0.25) is 0 Å². The lowest BCUT2D eigenvalue weighted by Crippen LogP contribution is -2.48. The summed E-state index contributed by atoms with van der Waals surface area (Å²) < 4.78 is 7.49. The Balaban J connectivity index is 1.68. The van der Waals surface area contributed by atoms with E-state index in [1.54, 1.807) is 4.90 Å². The smallest absolute Gasteiger partial charge is 0.322 e. The van der Waals surface area contributed by atoms with Gasteiger partial charge in [-0.05, 0) is 69.5 Å². The van der Waals surface area contributed by atoms with Crippen molar-refractivity contribution in [2.75, 3.05) is 18.5 Å². The van der Waals surface area contributed by atoms with Gasteiger partial charge in [0.1, 0.15) is 12.3 Å². The number of urea groups is 1. The summed E-state index contributed by atoms with van der Waals surface area (Å²) in [5.74, 6) is 0.751. The first-order valence-electron chi connectivity index (χ1n) is 11.1. The molecule has 2 aromatic rings. The number of benzene rings is 1. The topological polar surface area (TPSA) is 66.8 Å². The lowest BCUT2D eigenvalue weighted by Gasteiger charge is -2.31. The highest BCUT2D eigenvalue weighted by Crippen LogP contribution is 2.29. The van der Waals surface area contributed by atoms with Crippen LogP contribution in [-0.2, 0) is 18.4 Å². The maximum absolute atomic E-state index is 13.2. The number of hydrogen-bond acceptors (Lipinski definition) is 3. The third-order valence-electron chi connectivity index (χ3n) is 5.80. The SMILES string of the molecule is CCOc1ccc(NC(=O)N(CC(=O)N(Cc2cccn2C)C2CC2)[C@H](C)CC)cc1. The molecule has 1 fully saturated rings. The van der Waals surface area contributed by atoms with Crippen molar-refractivity contribution < 1.29 is 14.3 Å². The van der Waals surface area contributed by atoms with Crippen LogP contribution in [0.25, 0.3) is 0 Å². The van der Waals surface area contributed by atoms with Crippen molar-refractivity contribution in [2.24, 2.45) is 7.05 Å². The van der Waals surface area contributed by atoms with Gasteiger partial charge in [-0.15, -0.1) is 0 Å². The lowest BCUT2D eigenvalue weighted by atomic mass is 10.2. The molecule has 7 nitrogen and oxygen atoms in total. The van der Waals surface area contributed by atoms with E-state index in [1.807, 2.05) is 79.9 Å². The lowest BCUT2D eigenvalue weighted by molar-refractivity contribution is -0.133. The number of aromatic nitrogens is 1. The average Bonchev–Trinajstić information content (AvgIpc) is 3.52. The normalized spacial score (nSPS) is 14.1. The van der Waals surface area contributed by atoms with Crippen molar-refractivity contribution in [1.82, 2.24) is 14.4 Å². The minimum atomic E-state index is -0.263. The Kier molecular flexibility index (Phi) is 7.60. The van der Waals surface area contributed by atoms with Gasteiger partial charge in [-0.25, -0.2) is 4.79 Å². The van der Waals surface area contributed by atoms with Gasteiger partial charge in [-0.2, -0.15) is 0 Å². The van der Waals surface area contributed by atoms with Crippen LogP contribution in [0, 0.1) is 0 Å². The number of anilines is 1. The van der Waals surface area contributed by atoms with Gasteiger partial charge >= 0.3 is 6.03 Å². The fourth-order valence-electron chi connectivity index (χ4n) is 3.52. The van der Waals surface area contributed by atoms with Crippen LogP contribution in [0.1, 0.15) is 45.7 Å². The Morgan fingerprint density at radius 2 is 1.90 bits per heavy atom. The second kappa shape index (κ2) is 10.4. The Morgan fingerprint density at radius 3 is 2.45 bits per heavy atom. The van der Waals surface area contributed by atoms with Crippen LogP contribution in [0.5, 0.6) is 5.75 Å². The van der Waals surface area contributed by atoms with Crippen LogP contribution in [-0.4, -0.2) is 51.5 Å². The fraction of sp³-hybridized carbons (Fsp3) is 0.500. The minimum Gasteiger partial charge on any atom is -0.494 e. The highest BCUT2D eigenvalue weighted by atomic mass is 16.5. The summed E-state index contributed by atoms with van der Waals surface area (Å²) in [7, 11) is 1.99. The van der Waals surface area contributed by atoms with Crippen LogP contribution in [0.4, 0.5) is 10.5 Å². The standard InChI is InChI=1S/C24H34N4O3/c1-5-18(3)27(24(30)25-19-9-13-22(14-10-19)31-6-2)17-23(29)28(20-11-12-20)16-21-8-7-15-26(21)4/h7-10,13-15,18,20H,5-6,11-12,16-17H2,1-4H3,(H,25,30)/t18-/m1/s1. The van der Waals surface area contributed by atoms with E-state index in [0.717, 1.165) is 30.7 Å². The highest BCUT2D eigenvalue weighted by molar-refractivity contribution is 5.92. The first-order chi connectivity index (χ1) is 14.9. The molecular formula is C24H34N4O3. The summed E-state index contributed by atoms with van der Waals surface area (Å²) >= 11 is 0. The molecule has 1 saturated carbocycles. The molecule has 0 saturated heterocycles. The van der Waals surface area contributed by atoms with Gasteiger partial charge in [0.05, 0.1) is 13.2 Å². The number of nitrogens with zero attached hydrogens (tertiary/aromatic N) is 3. The first kappa shape index (κ1) is 22.7. The molecule has 0 radical (unpaired) electrons. The number of nitrogens with one attached hydrogen (secondary N) is 1. The maximum Gasteiger partial charge on any atom is 0.322 e. The van der Waals surface area contributed by atoms with Crippen molar-refractivity contribution in [3.8, 4) is 5.75 Å². The molecule has 1 aromatic heterocycles. The summed E-state index contributed by atoms with van der Waals surface area (Å²) in [6.07, 6.45) is 4.81. The van der Waals surface area contributed by atoms with Crippen LogP contribution in [0.15, 0.2) is 42.6 Å². The van der Waals surface area contributed by atoms with E-state index in [2.05, 4.69) is 5.32 Å². The van der Waals surface area contributed by atoms with Crippen molar-refractivity contribution in [3.63, 3.8) is 0 Å². The highest BCUT2D eigenvalue weighted by Gasteiger charge is 2.34. The molecule has 31 heavy (non-hydrogen) atoms. The quantitative estimate of drug-likeness (QED) is 0.618. The zero-order valence-electron chi connectivity index (χ0n) is 19.0.